The second-order valence-electron chi connectivity index (χ2n) is 4.23. The van der Waals surface area contributed by atoms with Gasteiger partial charge in [0.05, 0.1) is 0 Å². The second kappa shape index (κ2) is 6.54. The Morgan fingerprint density at radius 1 is 1.47 bits per heavy atom. The zero-order chi connectivity index (χ0) is 12.8. The highest BCUT2D eigenvalue weighted by molar-refractivity contribution is 7.84. The molecule has 1 heterocycles. The fourth-order valence-corrected chi connectivity index (χ4v) is 2.15. The van der Waals surface area contributed by atoms with Crippen molar-refractivity contribution in [2.24, 2.45) is 0 Å². The third kappa shape index (κ3) is 4.30. The van der Waals surface area contributed by atoms with E-state index in [0.717, 1.165) is 24.3 Å². The minimum atomic E-state index is -0.739. The lowest BCUT2D eigenvalue weighted by atomic mass is 10.0. The number of rotatable bonds is 6. The van der Waals surface area contributed by atoms with E-state index in [-0.39, 0.29) is 5.92 Å². The molecule has 1 atom stereocenters. The van der Waals surface area contributed by atoms with Crippen LogP contribution in [0.2, 0.25) is 0 Å². The standard InChI is InChI=1S/C11H20N4OS/c1-8(2)9-10(12)14-7-15-11(9)13-5-4-6-17(3)16/h7-8H,4-6H2,1-3H3,(H3,12,13,14,15). The highest BCUT2D eigenvalue weighted by atomic mass is 32.2. The van der Waals surface area contributed by atoms with Crippen LogP contribution >= 0.6 is 0 Å². The van der Waals surface area contributed by atoms with E-state index in [2.05, 4.69) is 29.1 Å². The van der Waals surface area contributed by atoms with Crippen LogP contribution in [0.5, 0.6) is 0 Å². The molecule has 1 rings (SSSR count). The van der Waals surface area contributed by atoms with Gasteiger partial charge in [0.1, 0.15) is 18.0 Å². The van der Waals surface area contributed by atoms with Gasteiger partial charge in [-0.25, -0.2) is 9.97 Å². The first-order chi connectivity index (χ1) is 8.02. The van der Waals surface area contributed by atoms with Crippen LogP contribution in [-0.4, -0.2) is 32.7 Å². The highest BCUT2D eigenvalue weighted by Gasteiger charge is 2.12. The summed E-state index contributed by atoms with van der Waals surface area (Å²) in [7, 11) is -0.739. The lowest BCUT2D eigenvalue weighted by Gasteiger charge is -2.14. The molecule has 3 N–H and O–H groups in total. The van der Waals surface area contributed by atoms with Crippen LogP contribution in [0.4, 0.5) is 11.6 Å². The van der Waals surface area contributed by atoms with E-state index in [1.165, 1.54) is 6.33 Å². The number of nitrogen functional groups attached to an aromatic ring is 1. The quantitative estimate of drug-likeness (QED) is 0.751. The smallest absolute Gasteiger partial charge is 0.134 e. The maximum atomic E-state index is 10.9. The van der Waals surface area contributed by atoms with Gasteiger partial charge in [-0.2, -0.15) is 0 Å². The molecule has 0 bridgehead atoms. The molecule has 1 aromatic rings. The molecule has 0 aliphatic carbocycles. The highest BCUT2D eigenvalue weighted by Crippen LogP contribution is 2.25. The number of anilines is 2. The molecule has 0 aromatic carbocycles. The zero-order valence-electron chi connectivity index (χ0n) is 10.6. The van der Waals surface area contributed by atoms with Gasteiger partial charge in [0.25, 0.3) is 0 Å². The van der Waals surface area contributed by atoms with Gasteiger partial charge in [0.15, 0.2) is 0 Å². The molecule has 0 aliphatic rings. The molecule has 0 spiro atoms. The Kier molecular flexibility index (Phi) is 5.34. The molecule has 0 fully saturated rings. The van der Waals surface area contributed by atoms with Crippen molar-refractivity contribution in [3.05, 3.63) is 11.9 Å². The van der Waals surface area contributed by atoms with Crippen molar-refractivity contribution in [2.75, 3.05) is 29.6 Å². The van der Waals surface area contributed by atoms with E-state index < -0.39 is 10.8 Å². The number of nitrogens with one attached hydrogen (secondary N) is 1. The Labute approximate surface area is 105 Å². The molecule has 0 saturated carbocycles. The Hall–Kier alpha value is -1.17. The molecular weight excluding hydrogens is 236 g/mol. The number of hydrogen-bond acceptors (Lipinski definition) is 5. The molecule has 0 saturated heterocycles. The van der Waals surface area contributed by atoms with Crippen LogP contribution in [0.1, 0.15) is 31.7 Å². The SMILES string of the molecule is CC(C)c1c(N)ncnc1NCCCS(C)=O. The van der Waals surface area contributed by atoms with Gasteiger partial charge < -0.3 is 11.1 Å². The van der Waals surface area contributed by atoms with Crippen LogP contribution in [0, 0.1) is 0 Å². The van der Waals surface area contributed by atoms with E-state index in [1.807, 2.05) is 0 Å². The van der Waals surface area contributed by atoms with Crippen molar-refractivity contribution in [1.29, 1.82) is 0 Å². The van der Waals surface area contributed by atoms with Gasteiger partial charge in [-0.1, -0.05) is 13.8 Å². The van der Waals surface area contributed by atoms with E-state index in [1.54, 1.807) is 6.26 Å². The molecule has 5 nitrogen and oxygen atoms in total. The summed E-state index contributed by atoms with van der Waals surface area (Å²) >= 11 is 0. The summed E-state index contributed by atoms with van der Waals surface area (Å²) in [4.78, 5) is 8.19. The minimum absolute atomic E-state index is 0.277. The molecular formula is C11H20N4OS. The van der Waals surface area contributed by atoms with Crippen LogP contribution in [0.15, 0.2) is 6.33 Å². The fourth-order valence-electron chi connectivity index (χ4n) is 1.60. The summed E-state index contributed by atoms with van der Waals surface area (Å²) in [5.41, 5.74) is 6.78. The topological polar surface area (TPSA) is 80.9 Å². The Bertz CT molecular complexity index is 395. The number of aromatic nitrogens is 2. The monoisotopic (exact) mass is 256 g/mol. The largest absolute Gasteiger partial charge is 0.383 e. The average Bonchev–Trinajstić information content (AvgIpc) is 2.23. The first kappa shape index (κ1) is 13.9. The van der Waals surface area contributed by atoms with E-state index in [0.29, 0.717) is 11.6 Å². The van der Waals surface area contributed by atoms with Crippen molar-refractivity contribution >= 4 is 22.4 Å². The van der Waals surface area contributed by atoms with Crippen molar-refractivity contribution in [1.82, 2.24) is 9.97 Å². The van der Waals surface area contributed by atoms with Gasteiger partial charge >= 0.3 is 0 Å². The van der Waals surface area contributed by atoms with Crippen LogP contribution in [-0.2, 0) is 10.8 Å². The molecule has 1 aromatic heterocycles. The van der Waals surface area contributed by atoms with Gasteiger partial charge in [0, 0.05) is 34.9 Å². The molecule has 6 heteroatoms. The Balaban J connectivity index is 2.64. The minimum Gasteiger partial charge on any atom is -0.383 e. The predicted molar refractivity (Wildman–Crippen MR) is 72.6 cm³/mol. The summed E-state index contributed by atoms with van der Waals surface area (Å²) in [6.45, 7) is 4.86. The van der Waals surface area contributed by atoms with Crippen molar-refractivity contribution in [3.8, 4) is 0 Å². The summed E-state index contributed by atoms with van der Waals surface area (Å²) in [5.74, 6) is 2.29. The molecule has 1 unspecified atom stereocenters. The number of nitrogens with two attached hydrogens (primary N) is 1. The maximum absolute atomic E-state index is 10.9. The average molecular weight is 256 g/mol. The van der Waals surface area contributed by atoms with Gasteiger partial charge in [-0.05, 0) is 12.3 Å². The van der Waals surface area contributed by atoms with Crippen molar-refractivity contribution in [2.45, 2.75) is 26.2 Å². The second-order valence-corrected chi connectivity index (χ2v) is 5.79. The molecule has 17 heavy (non-hydrogen) atoms. The fraction of sp³-hybridized carbons (Fsp3) is 0.636. The maximum Gasteiger partial charge on any atom is 0.134 e. The molecule has 0 aliphatic heterocycles. The molecule has 0 amide bonds. The Morgan fingerprint density at radius 3 is 2.76 bits per heavy atom. The summed E-state index contributed by atoms with van der Waals surface area (Å²) in [6.07, 6.45) is 4.02. The first-order valence-electron chi connectivity index (χ1n) is 5.66. The van der Waals surface area contributed by atoms with E-state index in [9.17, 15) is 4.21 Å². The lowest BCUT2D eigenvalue weighted by molar-refractivity contribution is 0.685. The number of hydrogen-bond donors (Lipinski definition) is 2. The summed E-state index contributed by atoms with van der Waals surface area (Å²) < 4.78 is 10.9. The molecule has 0 radical (unpaired) electrons. The lowest BCUT2D eigenvalue weighted by Crippen LogP contribution is -2.12. The third-order valence-electron chi connectivity index (χ3n) is 2.39. The van der Waals surface area contributed by atoms with E-state index in [4.69, 9.17) is 5.73 Å². The van der Waals surface area contributed by atoms with Gasteiger partial charge in [-0.3, -0.25) is 4.21 Å². The predicted octanol–water partition coefficient (Wildman–Crippen LogP) is 1.36. The summed E-state index contributed by atoms with van der Waals surface area (Å²) in [6, 6.07) is 0. The normalized spacial score (nSPS) is 12.7. The van der Waals surface area contributed by atoms with Gasteiger partial charge in [0.2, 0.25) is 0 Å². The van der Waals surface area contributed by atoms with Crippen molar-refractivity contribution < 1.29 is 4.21 Å². The molecule has 96 valence electrons. The van der Waals surface area contributed by atoms with Crippen LogP contribution in [0.25, 0.3) is 0 Å². The summed E-state index contributed by atoms with van der Waals surface area (Å²) in [5, 5.41) is 3.23. The van der Waals surface area contributed by atoms with Gasteiger partial charge in [-0.15, -0.1) is 0 Å². The third-order valence-corrected chi connectivity index (χ3v) is 3.26. The number of nitrogens with zero attached hydrogens (tertiary/aromatic N) is 2. The Morgan fingerprint density at radius 2 is 2.18 bits per heavy atom. The van der Waals surface area contributed by atoms with E-state index >= 15 is 0 Å². The zero-order valence-corrected chi connectivity index (χ0v) is 11.4. The van der Waals surface area contributed by atoms with Crippen molar-refractivity contribution in [3.63, 3.8) is 0 Å². The first-order valence-corrected chi connectivity index (χ1v) is 7.39. The van der Waals surface area contributed by atoms with Crippen LogP contribution < -0.4 is 11.1 Å². The van der Waals surface area contributed by atoms with Crippen LogP contribution in [0.3, 0.4) is 0 Å².